The molecule has 0 aliphatic carbocycles. The average molecular weight is 266 g/mol. The highest BCUT2D eigenvalue weighted by molar-refractivity contribution is 5.96. The van der Waals surface area contributed by atoms with E-state index >= 15 is 0 Å². The summed E-state index contributed by atoms with van der Waals surface area (Å²) in [4.78, 5) is 23.3. The molecule has 19 heavy (non-hydrogen) atoms. The largest absolute Gasteiger partial charge is 0.462 e. The van der Waals surface area contributed by atoms with E-state index in [0.717, 1.165) is 0 Å². The van der Waals surface area contributed by atoms with Crippen LogP contribution >= 0.6 is 0 Å². The molecule has 0 saturated carbocycles. The van der Waals surface area contributed by atoms with Crippen LogP contribution in [0.5, 0.6) is 0 Å². The number of carbonyl (C=O) groups is 2. The molecule has 1 unspecified atom stereocenters. The minimum Gasteiger partial charge on any atom is -0.462 e. The van der Waals surface area contributed by atoms with Crippen molar-refractivity contribution in [1.29, 1.82) is 0 Å². The number of benzene rings is 1. The van der Waals surface area contributed by atoms with Gasteiger partial charge in [0.25, 0.3) is 5.91 Å². The van der Waals surface area contributed by atoms with E-state index in [1.54, 1.807) is 31.2 Å². The Morgan fingerprint density at radius 2 is 2.16 bits per heavy atom. The number of nitrogens with two attached hydrogens (primary N) is 1. The number of hydrogen-bond donors (Lipinski definition) is 2. The van der Waals surface area contributed by atoms with E-state index in [9.17, 15) is 9.59 Å². The molecule has 1 atom stereocenters. The molecular weight excluding hydrogens is 248 g/mol. The van der Waals surface area contributed by atoms with E-state index in [-0.39, 0.29) is 12.5 Å². The lowest BCUT2D eigenvalue weighted by atomic mass is 10.2. The maximum Gasteiger partial charge on any atom is 0.338 e. The van der Waals surface area contributed by atoms with E-state index in [4.69, 9.17) is 15.2 Å². The van der Waals surface area contributed by atoms with Crippen LogP contribution in [0.3, 0.4) is 0 Å². The van der Waals surface area contributed by atoms with Gasteiger partial charge in [-0.1, -0.05) is 6.07 Å². The fourth-order valence-corrected chi connectivity index (χ4v) is 1.47. The van der Waals surface area contributed by atoms with Gasteiger partial charge in [0, 0.05) is 19.3 Å². The number of nitrogens with one attached hydrogen (secondary N) is 1. The first-order valence-corrected chi connectivity index (χ1v) is 5.93. The predicted octanol–water partition coefficient (Wildman–Crippen LogP) is 0.775. The quantitative estimate of drug-likeness (QED) is 0.742. The molecule has 0 spiro atoms. The Morgan fingerprint density at radius 3 is 2.74 bits per heavy atom. The number of esters is 1. The van der Waals surface area contributed by atoms with Crippen molar-refractivity contribution in [3.05, 3.63) is 29.8 Å². The Hall–Kier alpha value is -1.92. The van der Waals surface area contributed by atoms with Crippen molar-refractivity contribution < 1.29 is 19.1 Å². The highest BCUT2D eigenvalue weighted by Crippen LogP contribution is 2.12. The van der Waals surface area contributed by atoms with E-state index in [1.807, 2.05) is 0 Å². The van der Waals surface area contributed by atoms with E-state index in [2.05, 4.69) is 5.32 Å². The maximum absolute atomic E-state index is 11.7. The third kappa shape index (κ3) is 4.35. The summed E-state index contributed by atoms with van der Waals surface area (Å²) in [6.07, 6.45) is -0.716. The maximum atomic E-state index is 11.7. The van der Waals surface area contributed by atoms with Gasteiger partial charge in [-0.05, 0) is 25.1 Å². The number of hydrogen-bond acceptors (Lipinski definition) is 5. The molecule has 0 aliphatic heterocycles. The van der Waals surface area contributed by atoms with Crippen LogP contribution in [0.2, 0.25) is 0 Å². The topological polar surface area (TPSA) is 90.7 Å². The van der Waals surface area contributed by atoms with Gasteiger partial charge in [-0.25, -0.2) is 4.79 Å². The summed E-state index contributed by atoms with van der Waals surface area (Å²) in [5.41, 5.74) is 6.26. The molecule has 3 N–H and O–H groups in total. The Labute approximate surface area is 111 Å². The van der Waals surface area contributed by atoms with Crippen LogP contribution in [-0.4, -0.2) is 38.2 Å². The van der Waals surface area contributed by atoms with Gasteiger partial charge in [0.05, 0.1) is 12.2 Å². The van der Waals surface area contributed by atoms with E-state index in [1.165, 1.54) is 7.11 Å². The second-order valence-electron chi connectivity index (χ2n) is 3.75. The van der Waals surface area contributed by atoms with Crippen LogP contribution in [0.4, 0.5) is 5.69 Å². The summed E-state index contributed by atoms with van der Waals surface area (Å²) < 4.78 is 9.80. The zero-order valence-corrected chi connectivity index (χ0v) is 11.0. The molecule has 6 nitrogen and oxygen atoms in total. The lowest BCUT2D eigenvalue weighted by Gasteiger charge is -2.13. The van der Waals surface area contributed by atoms with Crippen LogP contribution in [0, 0.1) is 0 Å². The smallest absolute Gasteiger partial charge is 0.338 e. The molecule has 0 fully saturated rings. The van der Waals surface area contributed by atoms with Crippen molar-refractivity contribution >= 4 is 17.6 Å². The van der Waals surface area contributed by atoms with Crippen LogP contribution in [-0.2, 0) is 14.3 Å². The first kappa shape index (κ1) is 15.1. The zero-order chi connectivity index (χ0) is 14.3. The Kier molecular flexibility index (Phi) is 5.98. The molecule has 0 aliphatic rings. The van der Waals surface area contributed by atoms with Crippen molar-refractivity contribution in [2.45, 2.75) is 13.0 Å². The summed E-state index contributed by atoms with van der Waals surface area (Å²) in [5.74, 6) is -0.785. The van der Waals surface area contributed by atoms with Crippen LogP contribution < -0.4 is 11.1 Å². The second kappa shape index (κ2) is 7.50. The molecule has 104 valence electrons. The van der Waals surface area contributed by atoms with Gasteiger partial charge in [0.15, 0.2) is 0 Å². The Bertz CT molecular complexity index is 444. The number of rotatable bonds is 6. The SMILES string of the molecule is CCOC(=O)c1cccc(NC(=O)C(CN)OC)c1. The van der Waals surface area contributed by atoms with Gasteiger partial charge in [0.2, 0.25) is 0 Å². The van der Waals surface area contributed by atoms with Crippen LogP contribution in [0.1, 0.15) is 17.3 Å². The second-order valence-corrected chi connectivity index (χ2v) is 3.75. The average Bonchev–Trinajstić information content (AvgIpc) is 2.40. The summed E-state index contributed by atoms with van der Waals surface area (Å²) in [5, 5.41) is 2.63. The molecule has 6 heteroatoms. The van der Waals surface area contributed by atoms with Gasteiger partial charge in [0.1, 0.15) is 6.10 Å². The molecule has 1 aromatic carbocycles. The number of amides is 1. The van der Waals surface area contributed by atoms with Crippen molar-refractivity contribution in [2.75, 3.05) is 25.6 Å². The molecule has 1 amide bonds. The molecule has 0 aromatic heterocycles. The van der Waals surface area contributed by atoms with Crippen molar-refractivity contribution in [1.82, 2.24) is 0 Å². The first-order valence-electron chi connectivity index (χ1n) is 5.93. The first-order chi connectivity index (χ1) is 9.12. The van der Waals surface area contributed by atoms with Gasteiger partial charge in [-0.3, -0.25) is 4.79 Å². The van der Waals surface area contributed by atoms with Gasteiger partial charge >= 0.3 is 5.97 Å². The van der Waals surface area contributed by atoms with Gasteiger partial charge < -0.3 is 20.5 Å². The predicted molar refractivity (Wildman–Crippen MR) is 70.9 cm³/mol. The lowest BCUT2D eigenvalue weighted by molar-refractivity contribution is -0.125. The molecule has 0 heterocycles. The summed E-state index contributed by atoms with van der Waals surface area (Å²) >= 11 is 0. The fourth-order valence-electron chi connectivity index (χ4n) is 1.47. The molecule has 0 saturated heterocycles. The monoisotopic (exact) mass is 266 g/mol. The summed E-state index contributed by atoms with van der Waals surface area (Å²) in [6.45, 7) is 2.11. The van der Waals surface area contributed by atoms with Crippen molar-refractivity contribution in [3.8, 4) is 0 Å². The number of ether oxygens (including phenoxy) is 2. The Balaban J connectivity index is 2.77. The van der Waals surface area contributed by atoms with E-state index in [0.29, 0.717) is 17.9 Å². The third-order valence-corrected chi connectivity index (χ3v) is 2.43. The molecule has 0 radical (unpaired) electrons. The minimum atomic E-state index is -0.716. The third-order valence-electron chi connectivity index (χ3n) is 2.43. The van der Waals surface area contributed by atoms with Gasteiger partial charge in [-0.15, -0.1) is 0 Å². The lowest BCUT2D eigenvalue weighted by Crippen LogP contribution is -2.35. The molecular formula is C13H18N2O4. The summed E-state index contributed by atoms with van der Waals surface area (Å²) in [7, 11) is 1.41. The minimum absolute atomic E-state index is 0.0832. The molecule has 0 bridgehead atoms. The van der Waals surface area contributed by atoms with Crippen molar-refractivity contribution in [3.63, 3.8) is 0 Å². The zero-order valence-electron chi connectivity index (χ0n) is 11.0. The van der Waals surface area contributed by atoms with Crippen LogP contribution in [0.25, 0.3) is 0 Å². The number of anilines is 1. The van der Waals surface area contributed by atoms with Crippen LogP contribution in [0.15, 0.2) is 24.3 Å². The number of carbonyl (C=O) groups excluding carboxylic acids is 2. The Morgan fingerprint density at radius 1 is 1.42 bits per heavy atom. The van der Waals surface area contributed by atoms with E-state index < -0.39 is 12.1 Å². The molecule has 1 aromatic rings. The van der Waals surface area contributed by atoms with Crippen molar-refractivity contribution in [2.24, 2.45) is 5.73 Å². The normalized spacial score (nSPS) is 11.7. The fraction of sp³-hybridized carbons (Fsp3) is 0.385. The standard InChI is InChI=1S/C13H18N2O4/c1-3-19-13(17)9-5-4-6-10(7-9)15-12(16)11(8-14)18-2/h4-7,11H,3,8,14H2,1-2H3,(H,15,16). The molecule has 1 rings (SSSR count). The summed E-state index contributed by atoms with van der Waals surface area (Å²) in [6, 6.07) is 6.49. The number of methoxy groups -OCH3 is 1. The van der Waals surface area contributed by atoms with Gasteiger partial charge in [-0.2, -0.15) is 0 Å². The highest BCUT2D eigenvalue weighted by Gasteiger charge is 2.16. The highest BCUT2D eigenvalue weighted by atomic mass is 16.5.